The predicted octanol–water partition coefficient (Wildman–Crippen LogP) is 2.08. The second-order valence-electron chi connectivity index (χ2n) is 7.22. The topological polar surface area (TPSA) is 88.9 Å². The van der Waals surface area contributed by atoms with Gasteiger partial charge in [0.1, 0.15) is 6.54 Å². The SMILES string of the molecule is CC(=O)NCC1CCC(C(NC(=O)Cn2cccn2)c2ccccn2)CC1. The Hall–Kier alpha value is -2.70. The monoisotopic (exact) mass is 369 g/mol. The van der Waals surface area contributed by atoms with Crippen molar-refractivity contribution < 1.29 is 9.59 Å². The Balaban J connectivity index is 1.62. The summed E-state index contributed by atoms with van der Waals surface area (Å²) >= 11 is 0. The first kappa shape index (κ1) is 19.1. The third kappa shape index (κ3) is 5.64. The number of nitrogens with zero attached hydrogens (tertiary/aromatic N) is 3. The Labute approximate surface area is 159 Å². The number of hydrogen-bond donors (Lipinski definition) is 2. The molecule has 2 aromatic rings. The second-order valence-corrected chi connectivity index (χ2v) is 7.22. The van der Waals surface area contributed by atoms with Gasteiger partial charge in [0.05, 0.1) is 11.7 Å². The average molecular weight is 369 g/mol. The zero-order valence-corrected chi connectivity index (χ0v) is 15.7. The molecule has 0 radical (unpaired) electrons. The molecule has 2 heterocycles. The highest BCUT2D eigenvalue weighted by molar-refractivity contribution is 5.76. The number of carbonyl (C=O) groups is 2. The Morgan fingerprint density at radius 2 is 2.00 bits per heavy atom. The Bertz CT molecular complexity index is 724. The maximum absolute atomic E-state index is 12.5. The quantitative estimate of drug-likeness (QED) is 0.782. The molecule has 0 aliphatic heterocycles. The molecule has 0 saturated heterocycles. The fraction of sp³-hybridized carbons (Fsp3) is 0.500. The first-order valence-corrected chi connectivity index (χ1v) is 9.54. The van der Waals surface area contributed by atoms with E-state index in [1.165, 1.54) is 0 Å². The van der Waals surface area contributed by atoms with Crippen molar-refractivity contribution in [2.24, 2.45) is 11.8 Å². The number of aromatic nitrogens is 3. The molecule has 144 valence electrons. The van der Waals surface area contributed by atoms with Crippen molar-refractivity contribution in [3.05, 3.63) is 48.5 Å². The molecule has 0 aromatic carbocycles. The van der Waals surface area contributed by atoms with Gasteiger partial charge in [0, 0.05) is 32.1 Å². The molecule has 1 saturated carbocycles. The summed E-state index contributed by atoms with van der Waals surface area (Å²) in [5.74, 6) is 0.813. The number of carbonyl (C=O) groups excluding carboxylic acids is 2. The minimum atomic E-state index is -0.101. The van der Waals surface area contributed by atoms with Crippen LogP contribution in [0.15, 0.2) is 42.9 Å². The van der Waals surface area contributed by atoms with Crippen LogP contribution in [-0.2, 0) is 16.1 Å². The summed E-state index contributed by atoms with van der Waals surface area (Å²) in [5, 5.41) is 10.2. The van der Waals surface area contributed by atoms with Crippen molar-refractivity contribution in [3.8, 4) is 0 Å². The standard InChI is InChI=1S/C20H27N5O2/c1-15(26)22-13-16-6-8-17(9-7-16)20(18-5-2-3-10-21-18)24-19(27)14-25-12-4-11-23-25/h2-5,10-12,16-17,20H,6-9,13-14H2,1H3,(H,22,26)(H,24,27). The van der Waals surface area contributed by atoms with E-state index in [2.05, 4.69) is 20.7 Å². The third-order valence-corrected chi connectivity index (χ3v) is 5.19. The lowest BCUT2D eigenvalue weighted by molar-refractivity contribution is -0.123. The van der Waals surface area contributed by atoms with Gasteiger partial charge >= 0.3 is 0 Å². The molecule has 2 N–H and O–H groups in total. The molecule has 2 amide bonds. The smallest absolute Gasteiger partial charge is 0.242 e. The zero-order chi connectivity index (χ0) is 19.1. The van der Waals surface area contributed by atoms with Gasteiger partial charge in [-0.3, -0.25) is 19.3 Å². The van der Waals surface area contributed by atoms with Crippen LogP contribution in [0.1, 0.15) is 44.3 Å². The summed E-state index contributed by atoms with van der Waals surface area (Å²) in [5.41, 5.74) is 0.900. The van der Waals surface area contributed by atoms with Crippen molar-refractivity contribution >= 4 is 11.8 Å². The third-order valence-electron chi connectivity index (χ3n) is 5.19. The molecular weight excluding hydrogens is 342 g/mol. The molecular formula is C20H27N5O2. The minimum Gasteiger partial charge on any atom is -0.356 e. The second kappa shape index (κ2) is 9.30. The van der Waals surface area contributed by atoms with Crippen LogP contribution in [-0.4, -0.2) is 33.1 Å². The highest BCUT2D eigenvalue weighted by atomic mass is 16.2. The predicted molar refractivity (Wildman–Crippen MR) is 101 cm³/mol. The van der Waals surface area contributed by atoms with Crippen LogP contribution in [0, 0.1) is 11.8 Å². The van der Waals surface area contributed by atoms with Gasteiger partial charge in [0.2, 0.25) is 11.8 Å². The summed E-state index contributed by atoms with van der Waals surface area (Å²) in [6.07, 6.45) is 9.32. The van der Waals surface area contributed by atoms with Crippen molar-refractivity contribution in [3.63, 3.8) is 0 Å². The van der Waals surface area contributed by atoms with Crippen LogP contribution >= 0.6 is 0 Å². The number of nitrogens with one attached hydrogen (secondary N) is 2. The first-order valence-electron chi connectivity index (χ1n) is 9.54. The normalized spacial score (nSPS) is 20.6. The number of pyridine rings is 1. The lowest BCUT2D eigenvalue weighted by Gasteiger charge is -2.34. The Morgan fingerprint density at radius 3 is 2.63 bits per heavy atom. The van der Waals surface area contributed by atoms with Crippen LogP contribution in [0.25, 0.3) is 0 Å². The first-order chi connectivity index (χ1) is 13.1. The van der Waals surface area contributed by atoms with E-state index in [9.17, 15) is 9.59 Å². The lowest BCUT2D eigenvalue weighted by atomic mass is 9.77. The minimum absolute atomic E-state index is 0.0226. The summed E-state index contributed by atoms with van der Waals surface area (Å²) in [6.45, 7) is 2.49. The molecule has 1 aliphatic rings. The molecule has 1 unspecified atom stereocenters. The van der Waals surface area contributed by atoms with E-state index < -0.39 is 0 Å². The molecule has 2 aromatic heterocycles. The molecule has 7 heteroatoms. The highest BCUT2D eigenvalue weighted by Crippen LogP contribution is 2.36. The molecule has 3 rings (SSSR count). The Morgan fingerprint density at radius 1 is 1.19 bits per heavy atom. The maximum atomic E-state index is 12.5. The van der Waals surface area contributed by atoms with Crippen LogP contribution < -0.4 is 10.6 Å². The zero-order valence-electron chi connectivity index (χ0n) is 15.7. The maximum Gasteiger partial charge on any atom is 0.242 e. The van der Waals surface area contributed by atoms with Crippen molar-refractivity contribution in [2.45, 2.75) is 45.2 Å². The molecule has 1 fully saturated rings. The van der Waals surface area contributed by atoms with Gasteiger partial charge in [-0.25, -0.2) is 0 Å². The van der Waals surface area contributed by atoms with Gasteiger partial charge in [-0.2, -0.15) is 5.10 Å². The number of hydrogen-bond acceptors (Lipinski definition) is 4. The molecule has 0 spiro atoms. The van der Waals surface area contributed by atoms with E-state index in [0.29, 0.717) is 11.8 Å². The highest BCUT2D eigenvalue weighted by Gasteiger charge is 2.30. The van der Waals surface area contributed by atoms with Crippen LogP contribution in [0.3, 0.4) is 0 Å². The average Bonchev–Trinajstić information content (AvgIpc) is 3.18. The van der Waals surface area contributed by atoms with Crippen LogP contribution in [0.5, 0.6) is 0 Å². The molecule has 1 atom stereocenters. The fourth-order valence-electron chi connectivity index (χ4n) is 3.77. The van der Waals surface area contributed by atoms with Crippen LogP contribution in [0.4, 0.5) is 0 Å². The molecule has 0 bridgehead atoms. The van der Waals surface area contributed by atoms with E-state index in [4.69, 9.17) is 0 Å². The summed E-state index contributed by atoms with van der Waals surface area (Å²) in [6, 6.07) is 7.52. The van der Waals surface area contributed by atoms with E-state index in [-0.39, 0.29) is 24.4 Å². The van der Waals surface area contributed by atoms with Gasteiger partial charge in [-0.05, 0) is 55.7 Å². The molecule has 1 aliphatic carbocycles. The van der Waals surface area contributed by atoms with E-state index >= 15 is 0 Å². The fourth-order valence-corrected chi connectivity index (χ4v) is 3.77. The van der Waals surface area contributed by atoms with E-state index in [1.54, 1.807) is 36.3 Å². The van der Waals surface area contributed by atoms with Gasteiger partial charge < -0.3 is 10.6 Å². The van der Waals surface area contributed by atoms with Crippen molar-refractivity contribution in [1.29, 1.82) is 0 Å². The van der Waals surface area contributed by atoms with E-state index in [0.717, 1.165) is 37.9 Å². The van der Waals surface area contributed by atoms with Gasteiger partial charge in [0.25, 0.3) is 0 Å². The number of amides is 2. The van der Waals surface area contributed by atoms with Gasteiger partial charge in [-0.1, -0.05) is 6.07 Å². The lowest BCUT2D eigenvalue weighted by Crippen LogP contribution is -2.38. The number of rotatable bonds is 7. The van der Waals surface area contributed by atoms with Crippen molar-refractivity contribution in [2.75, 3.05) is 6.54 Å². The Kier molecular flexibility index (Phi) is 6.57. The van der Waals surface area contributed by atoms with Crippen LogP contribution in [0.2, 0.25) is 0 Å². The summed E-state index contributed by atoms with van der Waals surface area (Å²) in [4.78, 5) is 28.1. The van der Waals surface area contributed by atoms with Gasteiger partial charge in [0.15, 0.2) is 0 Å². The largest absolute Gasteiger partial charge is 0.356 e. The molecule has 7 nitrogen and oxygen atoms in total. The summed E-state index contributed by atoms with van der Waals surface area (Å²) in [7, 11) is 0. The van der Waals surface area contributed by atoms with Gasteiger partial charge in [-0.15, -0.1) is 0 Å². The molecule has 27 heavy (non-hydrogen) atoms. The van der Waals surface area contributed by atoms with E-state index in [1.807, 2.05) is 18.2 Å². The summed E-state index contributed by atoms with van der Waals surface area (Å²) < 4.78 is 1.62. The van der Waals surface area contributed by atoms with Crippen molar-refractivity contribution in [1.82, 2.24) is 25.4 Å².